The fourth-order valence-electron chi connectivity index (χ4n) is 3.84. The number of rotatable bonds is 10. The highest BCUT2D eigenvalue weighted by atomic mass is 35.5. The van der Waals surface area contributed by atoms with E-state index >= 15 is 0 Å². The van der Waals surface area contributed by atoms with E-state index in [1.165, 1.54) is 12.1 Å². The average Bonchev–Trinajstić information content (AvgIpc) is 2.76. The Morgan fingerprint density at radius 1 is 0.667 bits per heavy atom. The molecule has 0 fully saturated rings. The average molecular weight is 652 g/mol. The fraction of sp³-hybridized carbons (Fsp3) is 0.308. The van der Waals surface area contributed by atoms with Gasteiger partial charge in [-0.15, -0.1) is 11.5 Å². The second kappa shape index (κ2) is 13.2. The van der Waals surface area contributed by atoms with Gasteiger partial charge in [0, 0.05) is 20.1 Å². The van der Waals surface area contributed by atoms with Crippen molar-refractivity contribution in [2.45, 2.75) is 37.0 Å². The van der Waals surface area contributed by atoms with Crippen molar-refractivity contribution < 1.29 is 34.8 Å². The third kappa shape index (κ3) is 10.3. The van der Waals surface area contributed by atoms with Gasteiger partial charge in [-0.25, -0.2) is 8.42 Å². The number of alkyl halides is 6. The summed E-state index contributed by atoms with van der Waals surface area (Å²) in [6.45, 7) is 6.58. The molecule has 0 aliphatic heterocycles. The Hall–Kier alpha value is -1.83. The lowest BCUT2D eigenvalue weighted by Crippen LogP contribution is -2.25. The monoisotopic (exact) mass is 650 g/mol. The molecule has 0 saturated carbocycles. The molecule has 2 aromatic carbocycles. The SMILES string of the molecule is C=C=C(CC(c1cc(Cl)cc(Cl)c1)C(F)(F)F)CS(=O)(=O)CC(=C=C)CC(c1cc(Cl)cc(Cl)c1)C(F)(F)F. The zero-order valence-electron chi connectivity index (χ0n) is 19.9. The lowest BCUT2D eigenvalue weighted by atomic mass is 9.92. The van der Waals surface area contributed by atoms with Gasteiger partial charge in [-0.1, -0.05) is 59.6 Å². The maximum absolute atomic E-state index is 13.9. The van der Waals surface area contributed by atoms with Gasteiger partial charge in [-0.3, -0.25) is 0 Å². The van der Waals surface area contributed by atoms with Crippen LogP contribution in [-0.2, 0) is 9.84 Å². The lowest BCUT2D eigenvalue weighted by molar-refractivity contribution is -0.150. The zero-order valence-corrected chi connectivity index (χ0v) is 23.7. The highest BCUT2D eigenvalue weighted by molar-refractivity contribution is 7.91. The Labute approximate surface area is 242 Å². The van der Waals surface area contributed by atoms with Crippen molar-refractivity contribution in [3.63, 3.8) is 0 Å². The third-order valence-electron chi connectivity index (χ3n) is 5.55. The maximum Gasteiger partial charge on any atom is 0.396 e. The van der Waals surface area contributed by atoms with Crippen molar-refractivity contribution in [2.75, 3.05) is 11.5 Å². The molecule has 0 amide bonds. The van der Waals surface area contributed by atoms with Crippen molar-refractivity contribution in [1.82, 2.24) is 0 Å². The van der Waals surface area contributed by atoms with Crippen LogP contribution in [0.2, 0.25) is 20.1 Å². The van der Waals surface area contributed by atoms with Crippen molar-refractivity contribution in [3.8, 4) is 0 Å². The molecule has 0 saturated heterocycles. The van der Waals surface area contributed by atoms with Gasteiger partial charge in [0.1, 0.15) is 0 Å². The molecule has 0 aromatic heterocycles. The van der Waals surface area contributed by atoms with Crippen molar-refractivity contribution in [2.24, 2.45) is 0 Å². The minimum atomic E-state index is -4.82. The summed E-state index contributed by atoms with van der Waals surface area (Å²) in [5.74, 6) is -6.26. The second-order valence-electron chi connectivity index (χ2n) is 8.60. The number of sulfone groups is 1. The molecule has 0 radical (unpaired) electrons. The Morgan fingerprint density at radius 3 is 1.18 bits per heavy atom. The molecule has 13 heteroatoms. The van der Waals surface area contributed by atoms with Crippen LogP contribution in [0.3, 0.4) is 0 Å². The number of hydrogen-bond donors (Lipinski definition) is 0. The lowest BCUT2D eigenvalue weighted by Gasteiger charge is -2.23. The van der Waals surface area contributed by atoms with E-state index in [-0.39, 0.29) is 42.4 Å². The number of hydrogen-bond acceptors (Lipinski definition) is 2. The topological polar surface area (TPSA) is 34.1 Å². The van der Waals surface area contributed by atoms with Crippen LogP contribution in [0.4, 0.5) is 26.3 Å². The summed E-state index contributed by atoms with van der Waals surface area (Å²) >= 11 is 23.3. The highest BCUT2D eigenvalue weighted by Gasteiger charge is 2.43. The van der Waals surface area contributed by atoms with Gasteiger partial charge in [-0.2, -0.15) is 26.3 Å². The summed E-state index contributed by atoms with van der Waals surface area (Å²) in [6, 6.07) is 6.70. The summed E-state index contributed by atoms with van der Waals surface area (Å²) in [6.07, 6.45) is -11.3. The van der Waals surface area contributed by atoms with Gasteiger partial charge < -0.3 is 0 Å². The van der Waals surface area contributed by atoms with E-state index in [1.807, 2.05) is 0 Å². The molecule has 2 atom stereocenters. The largest absolute Gasteiger partial charge is 0.396 e. The first kappa shape index (κ1) is 33.4. The molecule has 0 aliphatic carbocycles. The minimum absolute atomic E-state index is 0.0514. The quantitative estimate of drug-likeness (QED) is 0.189. The molecular weight excluding hydrogens is 632 g/mol. The molecular formula is C26H20Cl4F6O2S. The summed E-state index contributed by atoms with van der Waals surface area (Å²) in [5.41, 5.74) is 3.18. The summed E-state index contributed by atoms with van der Waals surface area (Å²) < 4.78 is 109. The third-order valence-corrected chi connectivity index (χ3v) is 8.00. The van der Waals surface area contributed by atoms with Gasteiger partial charge in [0.2, 0.25) is 0 Å². The summed E-state index contributed by atoms with van der Waals surface area (Å²) in [7, 11) is -4.30. The standard InChI is InChI=1S/C26H20Cl4F6O2S/c1-3-15(5-23(25(31,32)33)17-7-19(27)11-20(28)8-17)13-39(37,38)14-16(4-2)6-24(26(34,35)36)18-9-21(29)12-22(30)10-18/h7-12,23-24H,1-2,5-6,13-14H2. The smallest absolute Gasteiger partial charge is 0.228 e. The van der Waals surface area contributed by atoms with Gasteiger partial charge >= 0.3 is 12.4 Å². The van der Waals surface area contributed by atoms with E-state index < -0.39 is 58.4 Å². The molecule has 2 nitrogen and oxygen atoms in total. The minimum Gasteiger partial charge on any atom is -0.228 e. The fourth-order valence-corrected chi connectivity index (χ4v) is 6.53. The molecule has 2 rings (SSSR count). The second-order valence-corrected chi connectivity index (χ2v) is 12.4. The number of halogens is 10. The molecule has 0 N–H and O–H groups in total. The summed E-state index contributed by atoms with van der Waals surface area (Å²) in [4.78, 5) is 0. The van der Waals surface area contributed by atoms with Crippen LogP contribution in [0, 0.1) is 0 Å². The zero-order chi connectivity index (χ0) is 29.8. The van der Waals surface area contributed by atoms with Crippen molar-refractivity contribution in [3.05, 3.63) is 103 Å². The molecule has 0 bridgehead atoms. The van der Waals surface area contributed by atoms with Crippen LogP contribution in [0.5, 0.6) is 0 Å². The predicted octanol–water partition coefficient (Wildman–Crippen LogP) is 9.91. The van der Waals surface area contributed by atoms with Gasteiger partial charge in [-0.05, 0) is 71.5 Å². The van der Waals surface area contributed by atoms with E-state index in [4.69, 9.17) is 46.4 Å². The van der Waals surface area contributed by atoms with Crippen molar-refractivity contribution >= 4 is 56.2 Å². The van der Waals surface area contributed by atoms with E-state index in [1.54, 1.807) is 0 Å². The highest BCUT2D eigenvalue weighted by Crippen LogP contribution is 2.42. The molecule has 39 heavy (non-hydrogen) atoms. The van der Waals surface area contributed by atoms with Gasteiger partial charge in [0.15, 0.2) is 9.84 Å². The first-order chi connectivity index (χ1) is 17.8. The molecule has 0 aliphatic rings. The Balaban J connectivity index is 2.30. The Morgan fingerprint density at radius 2 is 0.949 bits per heavy atom. The van der Waals surface area contributed by atoms with Crippen molar-refractivity contribution in [1.29, 1.82) is 0 Å². The normalized spacial score (nSPS) is 13.8. The molecule has 2 aromatic rings. The van der Waals surface area contributed by atoms with Crippen LogP contribution >= 0.6 is 46.4 Å². The van der Waals surface area contributed by atoms with Crippen LogP contribution < -0.4 is 0 Å². The molecule has 0 heterocycles. The molecule has 212 valence electrons. The van der Waals surface area contributed by atoms with E-state index in [0.717, 1.165) is 24.3 Å². The van der Waals surface area contributed by atoms with E-state index in [2.05, 4.69) is 24.6 Å². The van der Waals surface area contributed by atoms with E-state index in [0.29, 0.717) is 0 Å². The Kier molecular flexibility index (Phi) is 11.3. The van der Waals surface area contributed by atoms with Crippen LogP contribution in [0.1, 0.15) is 35.8 Å². The summed E-state index contributed by atoms with van der Waals surface area (Å²) in [5, 5.41) is -0.206. The first-order valence-electron chi connectivity index (χ1n) is 10.9. The predicted molar refractivity (Wildman–Crippen MR) is 144 cm³/mol. The molecule has 2 unspecified atom stereocenters. The first-order valence-corrected chi connectivity index (χ1v) is 14.2. The van der Waals surface area contributed by atoms with Crippen LogP contribution in [-0.4, -0.2) is 32.3 Å². The van der Waals surface area contributed by atoms with Gasteiger partial charge in [0.05, 0.1) is 23.3 Å². The number of benzene rings is 2. The molecule has 0 spiro atoms. The van der Waals surface area contributed by atoms with E-state index in [9.17, 15) is 34.8 Å². The van der Waals surface area contributed by atoms with Crippen LogP contribution in [0.15, 0.2) is 72.2 Å². The Bertz CT molecular complexity index is 1280. The van der Waals surface area contributed by atoms with Gasteiger partial charge in [0.25, 0.3) is 0 Å². The maximum atomic E-state index is 13.9. The van der Waals surface area contributed by atoms with Crippen LogP contribution in [0.25, 0.3) is 0 Å².